The molecule has 21 heavy (non-hydrogen) atoms. The number of aromatic carboxylic acids is 1. The van der Waals surface area contributed by atoms with Crippen molar-refractivity contribution >= 4 is 17.8 Å². The Kier molecular flexibility index (Phi) is 4.96. The number of hydrogen-bond acceptors (Lipinski definition) is 5. The molecule has 1 heterocycles. The topological polar surface area (TPSA) is 135 Å². The molecule has 0 radical (unpaired) electrons. The number of nitrogens with one attached hydrogen (secondary N) is 1. The van der Waals surface area contributed by atoms with Crippen LogP contribution in [0.5, 0.6) is 0 Å². The van der Waals surface area contributed by atoms with Gasteiger partial charge >= 0.3 is 5.97 Å². The van der Waals surface area contributed by atoms with Gasteiger partial charge in [0.15, 0.2) is 5.69 Å². The van der Waals surface area contributed by atoms with Gasteiger partial charge in [0.1, 0.15) is 11.2 Å². The quantitative estimate of drug-likeness (QED) is 0.685. The Morgan fingerprint density at radius 3 is 2.14 bits per heavy atom. The first-order chi connectivity index (χ1) is 9.74. The van der Waals surface area contributed by atoms with E-state index in [4.69, 9.17) is 10.8 Å². The highest BCUT2D eigenvalue weighted by atomic mass is 16.4. The van der Waals surface area contributed by atoms with Crippen molar-refractivity contribution in [2.45, 2.75) is 32.7 Å². The summed E-state index contributed by atoms with van der Waals surface area (Å²) in [6.45, 7) is 5.28. The summed E-state index contributed by atoms with van der Waals surface area (Å²) in [5.74, 6) is -2.72. The second-order valence-corrected chi connectivity index (χ2v) is 4.89. The first-order valence-electron chi connectivity index (χ1n) is 6.42. The summed E-state index contributed by atoms with van der Waals surface area (Å²) >= 11 is 0. The van der Waals surface area contributed by atoms with E-state index < -0.39 is 23.3 Å². The van der Waals surface area contributed by atoms with Crippen LogP contribution < -0.4 is 11.1 Å². The molecule has 2 amide bonds. The van der Waals surface area contributed by atoms with Crippen LogP contribution in [0, 0.1) is 5.92 Å². The van der Waals surface area contributed by atoms with Crippen LogP contribution in [0.3, 0.4) is 0 Å². The summed E-state index contributed by atoms with van der Waals surface area (Å²) in [6.07, 6.45) is 2.34. The lowest BCUT2D eigenvalue weighted by Crippen LogP contribution is -2.60. The van der Waals surface area contributed by atoms with Crippen LogP contribution >= 0.6 is 0 Å². The Hall–Kier alpha value is -2.51. The maximum Gasteiger partial charge on any atom is 0.356 e. The van der Waals surface area contributed by atoms with Crippen molar-refractivity contribution in [1.82, 2.24) is 15.3 Å². The first-order valence-corrected chi connectivity index (χ1v) is 6.42. The van der Waals surface area contributed by atoms with E-state index in [0.29, 0.717) is 6.42 Å². The largest absolute Gasteiger partial charge is 0.476 e. The van der Waals surface area contributed by atoms with Crippen LogP contribution in [0.25, 0.3) is 0 Å². The lowest BCUT2D eigenvalue weighted by Gasteiger charge is -2.34. The molecule has 1 aromatic rings. The summed E-state index contributed by atoms with van der Waals surface area (Å²) in [7, 11) is 0. The Bertz CT molecular complexity index is 556. The molecule has 0 saturated heterocycles. The zero-order valence-corrected chi connectivity index (χ0v) is 12.1. The molecule has 1 aromatic heterocycles. The van der Waals surface area contributed by atoms with Gasteiger partial charge in [-0.05, 0) is 12.3 Å². The molecule has 114 valence electrons. The van der Waals surface area contributed by atoms with Gasteiger partial charge in [-0.2, -0.15) is 0 Å². The minimum Gasteiger partial charge on any atom is -0.476 e. The molecule has 8 nitrogen and oxygen atoms in total. The van der Waals surface area contributed by atoms with Gasteiger partial charge < -0.3 is 16.2 Å². The van der Waals surface area contributed by atoms with Gasteiger partial charge in [-0.1, -0.05) is 20.8 Å². The van der Waals surface area contributed by atoms with E-state index in [1.54, 1.807) is 20.8 Å². The van der Waals surface area contributed by atoms with Crippen LogP contribution in [0.2, 0.25) is 0 Å². The Morgan fingerprint density at radius 2 is 1.81 bits per heavy atom. The summed E-state index contributed by atoms with van der Waals surface area (Å²) in [6, 6.07) is 0. The third-order valence-electron chi connectivity index (χ3n) is 3.42. The van der Waals surface area contributed by atoms with Crippen LogP contribution in [0.1, 0.15) is 48.2 Å². The highest BCUT2D eigenvalue weighted by Gasteiger charge is 2.40. The maximum atomic E-state index is 12.1. The molecule has 1 rings (SSSR count). The van der Waals surface area contributed by atoms with E-state index in [9.17, 15) is 14.4 Å². The van der Waals surface area contributed by atoms with Crippen LogP contribution in [-0.2, 0) is 4.79 Å². The lowest BCUT2D eigenvalue weighted by atomic mass is 9.83. The first kappa shape index (κ1) is 16.5. The molecule has 0 aliphatic heterocycles. The highest BCUT2D eigenvalue weighted by Crippen LogP contribution is 2.21. The molecule has 4 N–H and O–H groups in total. The van der Waals surface area contributed by atoms with Gasteiger partial charge in [0, 0.05) is 0 Å². The van der Waals surface area contributed by atoms with Crippen molar-refractivity contribution in [2.75, 3.05) is 0 Å². The summed E-state index contributed by atoms with van der Waals surface area (Å²) in [4.78, 5) is 41.8. The molecule has 0 bridgehead atoms. The summed E-state index contributed by atoms with van der Waals surface area (Å²) in [5.41, 5.74) is 3.86. The summed E-state index contributed by atoms with van der Waals surface area (Å²) < 4.78 is 0. The fraction of sp³-hybridized carbons (Fsp3) is 0.462. The van der Waals surface area contributed by atoms with Crippen molar-refractivity contribution < 1.29 is 19.5 Å². The number of hydrogen-bond donors (Lipinski definition) is 3. The molecular weight excluding hydrogens is 276 g/mol. The minimum absolute atomic E-state index is 0.0836. The summed E-state index contributed by atoms with van der Waals surface area (Å²) in [5, 5.41) is 11.3. The third kappa shape index (κ3) is 3.33. The number of aromatic nitrogens is 2. The maximum absolute atomic E-state index is 12.1. The zero-order valence-electron chi connectivity index (χ0n) is 12.1. The average Bonchev–Trinajstić information content (AvgIpc) is 2.43. The van der Waals surface area contributed by atoms with Gasteiger partial charge in [-0.15, -0.1) is 0 Å². The number of amides is 2. The van der Waals surface area contributed by atoms with Crippen molar-refractivity contribution in [3.63, 3.8) is 0 Å². The molecule has 0 saturated carbocycles. The van der Waals surface area contributed by atoms with Crippen LogP contribution in [0.15, 0.2) is 12.4 Å². The second kappa shape index (κ2) is 6.29. The van der Waals surface area contributed by atoms with Gasteiger partial charge in [-0.3, -0.25) is 9.59 Å². The van der Waals surface area contributed by atoms with Gasteiger partial charge in [0.2, 0.25) is 5.91 Å². The average molecular weight is 294 g/mol. The lowest BCUT2D eigenvalue weighted by molar-refractivity contribution is -0.126. The van der Waals surface area contributed by atoms with E-state index in [1.165, 1.54) is 0 Å². The van der Waals surface area contributed by atoms with E-state index in [2.05, 4.69) is 15.3 Å². The molecule has 0 aromatic carbocycles. The molecule has 1 atom stereocenters. The fourth-order valence-corrected chi connectivity index (χ4v) is 1.98. The SMILES string of the molecule is CCC(NC(=O)c1cnc(C(=O)O)cn1)(C(N)=O)C(C)C. The minimum atomic E-state index is -1.24. The molecule has 0 spiro atoms. The Balaban J connectivity index is 3.02. The van der Waals surface area contributed by atoms with Crippen LogP contribution in [0.4, 0.5) is 0 Å². The number of carboxylic acids is 1. The van der Waals surface area contributed by atoms with E-state index in [1.807, 2.05) is 0 Å². The number of rotatable bonds is 6. The monoisotopic (exact) mass is 294 g/mol. The number of carbonyl (C=O) groups is 3. The predicted octanol–water partition coefficient (Wildman–Crippen LogP) is 0.195. The van der Waals surface area contributed by atoms with E-state index >= 15 is 0 Å². The number of nitrogens with two attached hydrogens (primary N) is 1. The smallest absolute Gasteiger partial charge is 0.356 e. The number of nitrogens with zero attached hydrogens (tertiary/aromatic N) is 2. The van der Waals surface area contributed by atoms with E-state index in [0.717, 1.165) is 12.4 Å². The molecule has 0 aliphatic rings. The van der Waals surface area contributed by atoms with Gasteiger partial charge in [0.25, 0.3) is 5.91 Å². The van der Waals surface area contributed by atoms with Crippen molar-refractivity contribution in [3.05, 3.63) is 23.8 Å². The van der Waals surface area contributed by atoms with Gasteiger partial charge in [-0.25, -0.2) is 14.8 Å². The zero-order chi connectivity index (χ0) is 16.2. The normalized spacial score (nSPS) is 13.5. The fourth-order valence-electron chi connectivity index (χ4n) is 1.98. The third-order valence-corrected chi connectivity index (χ3v) is 3.42. The van der Waals surface area contributed by atoms with Gasteiger partial charge in [0.05, 0.1) is 12.4 Å². The standard InChI is InChI=1S/C13H18N4O4/c1-4-13(7(2)3,12(14)21)17-10(18)8-5-16-9(6-15-8)11(19)20/h5-7H,4H2,1-3H3,(H2,14,21)(H,17,18)(H,19,20). The Labute approximate surface area is 121 Å². The second-order valence-electron chi connectivity index (χ2n) is 4.89. The van der Waals surface area contributed by atoms with E-state index in [-0.39, 0.29) is 17.3 Å². The Morgan fingerprint density at radius 1 is 1.29 bits per heavy atom. The number of primary amides is 1. The molecule has 0 aliphatic carbocycles. The molecule has 0 fully saturated rings. The molecule has 8 heteroatoms. The van der Waals surface area contributed by atoms with Crippen molar-refractivity contribution in [1.29, 1.82) is 0 Å². The highest BCUT2D eigenvalue weighted by molar-refractivity contribution is 5.97. The predicted molar refractivity (Wildman–Crippen MR) is 73.5 cm³/mol. The van der Waals surface area contributed by atoms with Crippen molar-refractivity contribution in [2.24, 2.45) is 11.7 Å². The molecular formula is C13H18N4O4. The van der Waals surface area contributed by atoms with Crippen LogP contribution in [-0.4, -0.2) is 38.4 Å². The number of carbonyl (C=O) groups excluding carboxylic acids is 2. The molecule has 1 unspecified atom stereocenters. The number of carboxylic acid groups (broad SMARTS) is 1. The van der Waals surface area contributed by atoms with Crippen molar-refractivity contribution in [3.8, 4) is 0 Å².